The van der Waals surface area contributed by atoms with Gasteiger partial charge in [-0.15, -0.1) is 0 Å². The molecular weight excluding hydrogens is 316 g/mol. The zero-order chi connectivity index (χ0) is 17.9. The number of hydrogen-bond donors (Lipinski definition) is 2. The number of aryl methyl sites for hydroxylation is 1. The van der Waals surface area contributed by atoms with Gasteiger partial charge in [0.2, 0.25) is 5.88 Å². The lowest BCUT2D eigenvalue weighted by Crippen LogP contribution is -2.36. The fourth-order valence-electron chi connectivity index (χ4n) is 2.22. The molecular formula is C19H26N4O2. The Hall–Kier alpha value is -2.60. The largest absolute Gasteiger partial charge is 0.475 e. The molecule has 25 heavy (non-hydrogen) atoms. The first-order valence-corrected chi connectivity index (χ1v) is 8.28. The van der Waals surface area contributed by atoms with Crippen LogP contribution in [-0.2, 0) is 17.8 Å². The van der Waals surface area contributed by atoms with Crippen molar-refractivity contribution in [3.63, 3.8) is 0 Å². The number of methoxy groups -OCH3 is 1. The van der Waals surface area contributed by atoms with Crippen LogP contribution < -0.4 is 15.4 Å². The molecule has 0 bridgehead atoms. The first-order chi connectivity index (χ1) is 12.2. The summed E-state index contributed by atoms with van der Waals surface area (Å²) in [7, 11) is 3.41. The zero-order valence-corrected chi connectivity index (χ0v) is 15.1. The minimum absolute atomic E-state index is 0.497. The van der Waals surface area contributed by atoms with Crippen LogP contribution in [0.3, 0.4) is 0 Å². The van der Waals surface area contributed by atoms with E-state index in [1.54, 1.807) is 20.4 Å². The van der Waals surface area contributed by atoms with E-state index in [-0.39, 0.29) is 0 Å². The number of rotatable bonds is 8. The summed E-state index contributed by atoms with van der Waals surface area (Å²) < 4.78 is 10.4. The molecule has 2 aromatic rings. The Morgan fingerprint density at radius 1 is 1.08 bits per heavy atom. The molecule has 0 aliphatic rings. The molecule has 0 aliphatic heterocycles. The summed E-state index contributed by atoms with van der Waals surface area (Å²) in [4.78, 5) is 8.53. The molecule has 6 heteroatoms. The predicted octanol–water partition coefficient (Wildman–Crippen LogP) is 2.28. The van der Waals surface area contributed by atoms with Crippen LogP contribution in [0.5, 0.6) is 5.88 Å². The van der Waals surface area contributed by atoms with Gasteiger partial charge in [-0.05, 0) is 23.6 Å². The van der Waals surface area contributed by atoms with E-state index in [0.29, 0.717) is 25.6 Å². The van der Waals surface area contributed by atoms with Gasteiger partial charge >= 0.3 is 0 Å². The van der Waals surface area contributed by atoms with E-state index in [9.17, 15) is 0 Å². The summed E-state index contributed by atoms with van der Waals surface area (Å²) in [6.07, 6.45) is 1.80. The number of ether oxygens (including phenoxy) is 2. The quantitative estimate of drug-likeness (QED) is 0.438. The Morgan fingerprint density at radius 3 is 2.56 bits per heavy atom. The molecule has 134 valence electrons. The van der Waals surface area contributed by atoms with Gasteiger partial charge in [-0.2, -0.15) is 0 Å². The van der Waals surface area contributed by atoms with Crippen molar-refractivity contribution in [3.05, 3.63) is 59.3 Å². The van der Waals surface area contributed by atoms with E-state index < -0.39 is 0 Å². The second-order valence-corrected chi connectivity index (χ2v) is 5.55. The van der Waals surface area contributed by atoms with Crippen molar-refractivity contribution in [1.29, 1.82) is 0 Å². The van der Waals surface area contributed by atoms with Crippen LogP contribution in [0, 0.1) is 6.92 Å². The van der Waals surface area contributed by atoms with Gasteiger partial charge < -0.3 is 20.1 Å². The lowest BCUT2D eigenvalue weighted by molar-refractivity contribution is 0.143. The summed E-state index contributed by atoms with van der Waals surface area (Å²) in [5, 5.41) is 6.61. The molecule has 0 saturated heterocycles. The lowest BCUT2D eigenvalue weighted by atomic mass is 10.1. The number of aromatic nitrogens is 1. The number of hydrogen-bond acceptors (Lipinski definition) is 4. The summed E-state index contributed by atoms with van der Waals surface area (Å²) in [6.45, 7) is 4.52. The maximum atomic E-state index is 5.45. The van der Waals surface area contributed by atoms with E-state index >= 15 is 0 Å². The first kappa shape index (κ1) is 18.7. The Labute approximate surface area is 149 Å². The van der Waals surface area contributed by atoms with E-state index in [1.165, 1.54) is 11.1 Å². The smallest absolute Gasteiger partial charge is 0.213 e. The molecule has 0 aliphatic carbocycles. The molecule has 0 unspecified atom stereocenters. The number of nitrogens with one attached hydrogen (secondary N) is 2. The lowest BCUT2D eigenvalue weighted by Gasteiger charge is -2.13. The van der Waals surface area contributed by atoms with Gasteiger partial charge in [-0.25, -0.2) is 4.98 Å². The standard InChI is InChI=1S/C19H26N4O2/c1-15-6-4-5-7-17(15)14-23-19(20-2)22-13-16-8-9-18(21-12-16)25-11-10-24-3/h4-9,12H,10-11,13-14H2,1-3H3,(H2,20,22,23). The Balaban J connectivity index is 1.79. The maximum absolute atomic E-state index is 5.45. The molecule has 2 N–H and O–H groups in total. The molecule has 0 radical (unpaired) electrons. The number of guanidine groups is 1. The average Bonchev–Trinajstić information content (AvgIpc) is 2.64. The summed E-state index contributed by atoms with van der Waals surface area (Å²) in [6, 6.07) is 12.1. The third kappa shape index (κ3) is 6.43. The summed E-state index contributed by atoms with van der Waals surface area (Å²) in [5.74, 6) is 1.35. The minimum atomic E-state index is 0.497. The van der Waals surface area contributed by atoms with E-state index in [2.05, 4.69) is 39.7 Å². The van der Waals surface area contributed by atoms with Gasteiger partial charge in [0.1, 0.15) is 6.61 Å². The fourth-order valence-corrected chi connectivity index (χ4v) is 2.22. The Morgan fingerprint density at radius 2 is 1.88 bits per heavy atom. The number of pyridine rings is 1. The van der Waals surface area contributed by atoms with Crippen molar-refractivity contribution in [1.82, 2.24) is 15.6 Å². The van der Waals surface area contributed by atoms with Gasteiger partial charge in [-0.3, -0.25) is 4.99 Å². The van der Waals surface area contributed by atoms with Gasteiger partial charge in [0.05, 0.1) is 6.61 Å². The highest BCUT2D eigenvalue weighted by molar-refractivity contribution is 5.79. The Bertz CT molecular complexity index is 671. The number of aliphatic imine (C=N–C) groups is 1. The van der Waals surface area contributed by atoms with Crippen molar-refractivity contribution in [2.24, 2.45) is 4.99 Å². The van der Waals surface area contributed by atoms with Crippen LogP contribution >= 0.6 is 0 Å². The van der Waals surface area contributed by atoms with Crippen molar-refractivity contribution < 1.29 is 9.47 Å². The molecule has 0 spiro atoms. The molecule has 6 nitrogen and oxygen atoms in total. The van der Waals surface area contributed by atoms with E-state index in [1.807, 2.05) is 24.3 Å². The van der Waals surface area contributed by atoms with E-state index in [4.69, 9.17) is 9.47 Å². The predicted molar refractivity (Wildman–Crippen MR) is 99.8 cm³/mol. The average molecular weight is 342 g/mol. The van der Waals surface area contributed by atoms with Gasteiger partial charge in [0.25, 0.3) is 0 Å². The van der Waals surface area contributed by atoms with Crippen LogP contribution in [0.25, 0.3) is 0 Å². The third-order valence-corrected chi connectivity index (χ3v) is 3.73. The molecule has 0 atom stereocenters. The topological polar surface area (TPSA) is 67.8 Å². The normalized spacial score (nSPS) is 11.2. The highest BCUT2D eigenvalue weighted by atomic mass is 16.5. The summed E-state index contributed by atoms with van der Waals surface area (Å²) >= 11 is 0. The maximum Gasteiger partial charge on any atom is 0.213 e. The highest BCUT2D eigenvalue weighted by Gasteiger charge is 2.02. The van der Waals surface area contributed by atoms with Gasteiger partial charge in [0.15, 0.2) is 5.96 Å². The fraction of sp³-hybridized carbons (Fsp3) is 0.368. The van der Waals surface area contributed by atoms with Crippen LogP contribution in [0.4, 0.5) is 0 Å². The molecule has 0 fully saturated rings. The van der Waals surface area contributed by atoms with Crippen LogP contribution in [-0.4, -0.2) is 38.3 Å². The van der Waals surface area contributed by atoms with Crippen LogP contribution in [0.15, 0.2) is 47.6 Å². The molecule has 0 saturated carbocycles. The van der Waals surface area contributed by atoms with E-state index in [0.717, 1.165) is 18.1 Å². The van der Waals surface area contributed by atoms with Crippen LogP contribution in [0.1, 0.15) is 16.7 Å². The third-order valence-electron chi connectivity index (χ3n) is 3.73. The molecule has 1 heterocycles. The minimum Gasteiger partial charge on any atom is -0.475 e. The monoisotopic (exact) mass is 342 g/mol. The first-order valence-electron chi connectivity index (χ1n) is 8.28. The molecule has 2 rings (SSSR count). The second kappa shape index (κ2) is 10.3. The van der Waals surface area contributed by atoms with Crippen molar-refractivity contribution >= 4 is 5.96 Å². The molecule has 1 aromatic heterocycles. The highest BCUT2D eigenvalue weighted by Crippen LogP contribution is 2.08. The van der Waals surface area contributed by atoms with Crippen molar-refractivity contribution in [2.45, 2.75) is 20.0 Å². The second-order valence-electron chi connectivity index (χ2n) is 5.55. The van der Waals surface area contributed by atoms with Crippen molar-refractivity contribution in [3.8, 4) is 5.88 Å². The van der Waals surface area contributed by atoms with Crippen molar-refractivity contribution in [2.75, 3.05) is 27.4 Å². The SMILES string of the molecule is CN=C(NCc1ccc(OCCOC)nc1)NCc1ccccc1C. The number of nitrogens with zero attached hydrogens (tertiary/aromatic N) is 2. The molecule has 1 aromatic carbocycles. The zero-order valence-electron chi connectivity index (χ0n) is 15.1. The Kier molecular flexibility index (Phi) is 7.72. The number of benzene rings is 1. The summed E-state index contributed by atoms with van der Waals surface area (Å²) in [5.41, 5.74) is 3.57. The van der Waals surface area contributed by atoms with Gasteiger partial charge in [0, 0.05) is 39.5 Å². The van der Waals surface area contributed by atoms with Gasteiger partial charge in [-0.1, -0.05) is 30.3 Å². The molecule has 0 amide bonds. The van der Waals surface area contributed by atoms with Crippen LogP contribution in [0.2, 0.25) is 0 Å².